The van der Waals surface area contributed by atoms with E-state index in [4.69, 9.17) is 25.8 Å². The molecule has 1 amide bonds. The molecule has 0 bridgehead atoms. The number of benzene rings is 4. The molecule has 36 heavy (non-hydrogen) atoms. The van der Waals surface area contributed by atoms with Gasteiger partial charge in [0.25, 0.3) is 5.91 Å². The molecule has 7 nitrogen and oxygen atoms in total. The number of methoxy groups -OCH3 is 1. The number of carbonyl (C=O) groups is 2. The first-order valence-corrected chi connectivity index (χ1v) is 11.5. The number of hydrogen-bond donors (Lipinski definition) is 1. The van der Waals surface area contributed by atoms with Gasteiger partial charge in [-0.15, -0.1) is 0 Å². The minimum atomic E-state index is -0.760. The third kappa shape index (κ3) is 6.00. The van der Waals surface area contributed by atoms with Crippen molar-refractivity contribution in [1.29, 1.82) is 0 Å². The Balaban J connectivity index is 1.36. The molecule has 8 heteroatoms. The number of nitrogens with one attached hydrogen (secondary N) is 1. The van der Waals surface area contributed by atoms with Crippen molar-refractivity contribution in [3.05, 3.63) is 101 Å². The van der Waals surface area contributed by atoms with Crippen LogP contribution >= 0.6 is 11.6 Å². The summed E-state index contributed by atoms with van der Waals surface area (Å²) in [6, 6.07) is 25.0. The summed E-state index contributed by atoms with van der Waals surface area (Å²) in [5, 5.41) is 6.40. The average molecular weight is 503 g/mol. The SMILES string of the molecule is COc1cc(/C=N\NC(=O)[C@@H](C)Oc2ccc3ccccc3c2)ccc1OC(=O)c1ccccc1Cl. The lowest BCUT2D eigenvalue weighted by Gasteiger charge is -2.13. The van der Waals surface area contributed by atoms with Crippen molar-refractivity contribution in [3.8, 4) is 17.2 Å². The molecule has 4 rings (SSSR count). The van der Waals surface area contributed by atoms with E-state index < -0.39 is 18.0 Å². The predicted octanol–water partition coefficient (Wildman–Crippen LogP) is 5.64. The number of nitrogens with zero attached hydrogens (tertiary/aromatic N) is 1. The van der Waals surface area contributed by atoms with Crippen molar-refractivity contribution in [3.63, 3.8) is 0 Å². The van der Waals surface area contributed by atoms with Crippen molar-refractivity contribution >= 4 is 40.5 Å². The van der Waals surface area contributed by atoms with Crippen LogP contribution in [0.15, 0.2) is 90.0 Å². The first-order valence-electron chi connectivity index (χ1n) is 11.1. The van der Waals surface area contributed by atoms with E-state index in [0.29, 0.717) is 22.1 Å². The Morgan fingerprint density at radius 2 is 1.67 bits per heavy atom. The normalized spacial score (nSPS) is 11.8. The van der Waals surface area contributed by atoms with Gasteiger partial charge in [-0.1, -0.05) is 54.1 Å². The number of hydrogen-bond acceptors (Lipinski definition) is 6. The van der Waals surface area contributed by atoms with Crippen molar-refractivity contribution in [1.82, 2.24) is 5.43 Å². The van der Waals surface area contributed by atoms with Crippen molar-refractivity contribution < 1.29 is 23.8 Å². The fraction of sp³-hybridized carbons (Fsp3) is 0.107. The average Bonchev–Trinajstić information content (AvgIpc) is 2.89. The molecule has 0 saturated carbocycles. The van der Waals surface area contributed by atoms with E-state index in [2.05, 4.69) is 10.5 Å². The smallest absolute Gasteiger partial charge is 0.345 e. The summed E-state index contributed by atoms with van der Waals surface area (Å²) in [5.41, 5.74) is 3.33. The van der Waals surface area contributed by atoms with Crippen molar-refractivity contribution in [2.45, 2.75) is 13.0 Å². The number of carbonyl (C=O) groups excluding carboxylic acids is 2. The fourth-order valence-corrected chi connectivity index (χ4v) is 3.60. The highest BCUT2D eigenvalue weighted by Crippen LogP contribution is 2.29. The maximum Gasteiger partial charge on any atom is 0.345 e. The molecule has 4 aromatic carbocycles. The van der Waals surface area contributed by atoms with Gasteiger partial charge in [0.2, 0.25) is 0 Å². The molecule has 0 aliphatic heterocycles. The van der Waals surface area contributed by atoms with E-state index in [9.17, 15) is 9.59 Å². The minimum Gasteiger partial charge on any atom is -0.493 e. The van der Waals surface area contributed by atoms with Crippen LogP contribution in [0, 0.1) is 0 Å². The van der Waals surface area contributed by atoms with Gasteiger partial charge in [-0.3, -0.25) is 4.79 Å². The number of halogens is 1. The zero-order chi connectivity index (χ0) is 25.5. The van der Waals surface area contributed by atoms with Gasteiger partial charge in [-0.25, -0.2) is 10.2 Å². The van der Waals surface area contributed by atoms with Gasteiger partial charge in [0.1, 0.15) is 5.75 Å². The zero-order valence-electron chi connectivity index (χ0n) is 19.6. The first-order chi connectivity index (χ1) is 17.4. The van der Waals surface area contributed by atoms with Crippen LogP contribution in [0.4, 0.5) is 0 Å². The first kappa shape index (κ1) is 24.8. The molecule has 0 fully saturated rings. The van der Waals surface area contributed by atoms with E-state index in [1.807, 2.05) is 42.5 Å². The summed E-state index contributed by atoms with van der Waals surface area (Å²) in [7, 11) is 1.46. The molecule has 0 saturated heterocycles. The highest BCUT2D eigenvalue weighted by Gasteiger charge is 2.16. The highest BCUT2D eigenvalue weighted by atomic mass is 35.5. The zero-order valence-corrected chi connectivity index (χ0v) is 20.4. The van der Waals surface area contributed by atoms with Gasteiger partial charge in [0, 0.05) is 0 Å². The molecule has 4 aromatic rings. The molecular weight excluding hydrogens is 480 g/mol. The Kier molecular flexibility index (Phi) is 7.82. The molecule has 0 radical (unpaired) electrons. The van der Waals surface area contributed by atoms with Crippen LogP contribution in [0.25, 0.3) is 10.8 Å². The van der Waals surface area contributed by atoms with Crippen LogP contribution < -0.4 is 19.6 Å². The van der Waals surface area contributed by atoms with Gasteiger partial charge in [0.15, 0.2) is 17.6 Å². The lowest BCUT2D eigenvalue weighted by molar-refractivity contribution is -0.127. The number of fused-ring (bicyclic) bond motifs is 1. The van der Waals surface area contributed by atoms with E-state index in [-0.39, 0.29) is 11.3 Å². The van der Waals surface area contributed by atoms with E-state index in [1.54, 1.807) is 49.4 Å². The Morgan fingerprint density at radius 1 is 0.917 bits per heavy atom. The van der Waals surface area contributed by atoms with Gasteiger partial charge >= 0.3 is 5.97 Å². The van der Waals surface area contributed by atoms with Gasteiger partial charge in [0.05, 0.1) is 23.9 Å². The minimum absolute atomic E-state index is 0.223. The molecule has 182 valence electrons. The summed E-state index contributed by atoms with van der Waals surface area (Å²) >= 11 is 6.06. The maximum absolute atomic E-state index is 12.4. The van der Waals surface area contributed by atoms with Crippen LogP contribution in [0.3, 0.4) is 0 Å². The van der Waals surface area contributed by atoms with Crippen LogP contribution in [0.2, 0.25) is 5.02 Å². The van der Waals surface area contributed by atoms with E-state index in [0.717, 1.165) is 10.8 Å². The summed E-state index contributed by atoms with van der Waals surface area (Å²) in [5.74, 6) is 0.122. The van der Waals surface area contributed by atoms with Gasteiger partial charge in [-0.2, -0.15) is 5.10 Å². The molecule has 0 spiro atoms. The summed E-state index contributed by atoms with van der Waals surface area (Å²) in [6.07, 6.45) is 0.687. The van der Waals surface area contributed by atoms with Crippen LogP contribution in [0.1, 0.15) is 22.8 Å². The standard InChI is InChI=1S/C28H23ClN2O5/c1-18(35-22-13-12-20-7-3-4-8-21(20)16-22)27(32)31-30-17-19-11-14-25(26(15-19)34-2)36-28(33)23-9-5-6-10-24(23)29/h3-18H,1-2H3,(H,31,32)/b30-17-/t18-/m1/s1. The van der Waals surface area contributed by atoms with Crippen LogP contribution in [0.5, 0.6) is 17.2 Å². The lowest BCUT2D eigenvalue weighted by atomic mass is 10.1. The summed E-state index contributed by atoms with van der Waals surface area (Å²) < 4.78 is 16.5. The highest BCUT2D eigenvalue weighted by molar-refractivity contribution is 6.33. The van der Waals surface area contributed by atoms with Crippen molar-refractivity contribution in [2.24, 2.45) is 5.10 Å². The molecule has 1 atom stereocenters. The third-order valence-electron chi connectivity index (χ3n) is 5.28. The van der Waals surface area contributed by atoms with Gasteiger partial charge in [-0.05, 0) is 65.7 Å². The molecular formula is C28H23ClN2O5. The van der Waals surface area contributed by atoms with E-state index in [1.165, 1.54) is 13.3 Å². The molecule has 0 aromatic heterocycles. The van der Waals surface area contributed by atoms with Crippen molar-refractivity contribution in [2.75, 3.05) is 7.11 Å². The molecule has 0 aliphatic rings. The molecule has 0 aliphatic carbocycles. The Hall–Kier alpha value is -4.36. The predicted molar refractivity (Wildman–Crippen MR) is 139 cm³/mol. The largest absolute Gasteiger partial charge is 0.493 e. The molecule has 1 N–H and O–H groups in total. The molecule has 0 unspecified atom stereocenters. The molecule has 0 heterocycles. The number of hydrazone groups is 1. The lowest BCUT2D eigenvalue weighted by Crippen LogP contribution is -2.33. The second kappa shape index (κ2) is 11.4. The monoisotopic (exact) mass is 502 g/mol. The van der Waals surface area contributed by atoms with Crippen LogP contribution in [-0.2, 0) is 4.79 Å². The second-order valence-corrected chi connectivity index (χ2v) is 8.19. The third-order valence-corrected chi connectivity index (χ3v) is 5.61. The number of esters is 1. The summed E-state index contributed by atoms with van der Waals surface area (Å²) in [4.78, 5) is 24.9. The second-order valence-electron chi connectivity index (χ2n) is 7.78. The number of rotatable bonds is 8. The fourth-order valence-electron chi connectivity index (χ4n) is 3.39. The summed E-state index contributed by atoms with van der Waals surface area (Å²) in [6.45, 7) is 1.64. The number of ether oxygens (including phenoxy) is 3. The Labute approximate surface area is 213 Å². The van der Waals surface area contributed by atoms with E-state index >= 15 is 0 Å². The topological polar surface area (TPSA) is 86.2 Å². The maximum atomic E-state index is 12.4. The Morgan fingerprint density at radius 3 is 2.44 bits per heavy atom. The van der Waals surface area contributed by atoms with Gasteiger partial charge < -0.3 is 14.2 Å². The Bertz CT molecular complexity index is 1440. The number of amides is 1. The van der Waals surface area contributed by atoms with Crippen LogP contribution in [-0.4, -0.2) is 31.3 Å². The quantitative estimate of drug-likeness (QED) is 0.146.